The molecular weight excluding hydrogens is 232 g/mol. The summed E-state index contributed by atoms with van der Waals surface area (Å²) in [6, 6.07) is 5.73. The predicted molar refractivity (Wildman–Crippen MR) is 67.5 cm³/mol. The molecule has 0 spiro atoms. The van der Waals surface area contributed by atoms with Crippen molar-refractivity contribution in [3.63, 3.8) is 0 Å². The van der Waals surface area contributed by atoms with E-state index in [1.165, 1.54) is 4.90 Å². The third kappa shape index (κ3) is 2.61. The molecule has 0 radical (unpaired) electrons. The van der Waals surface area contributed by atoms with Crippen LogP contribution in [0.5, 0.6) is 0 Å². The summed E-state index contributed by atoms with van der Waals surface area (Å²) in [4.78, 5) is 24.4. The number of hydrogen-bond donors (Lipinski definition) is 1. The molecule has 1 heterocycles. The van der Waals surface area contributed by atoms with Gasteiger partial charge in [-0.15, -0.1) is 0 Å². The van der Waals surface area contributed by atoms with Crippen molar-refractivity contribution >= 4 is 17.7 Å². The zero-order chi connectivity index (χ0) is 13.1. The molecule has 18 heavy (non-hydrogen) atoms. The summed E-state index contributed by atoms with van der Waals surface area (Å²) in [6.45, 7) is 4.80. The van der Waals surface area contributed by atoms with Crippen LogP contribution in [-0.4, -0.2) is 36.6 Å². The van der Waals surface area contributed by atoms with Crippen molar-refractivity contribution in [1.29, 1.82) is 0 Å². The monoisotopic (exact) mass is 248 g/mol. The Kier molecular flexibility index (Phi) is 3.50. The first-order valence-corrected chi connectivity index (χ1v) is 5.85. The molecule has 0 atom stereocenters. The standard InChI is InChI=1S/C13H16N2O3/c1-9-4-3-5-11(10(9)2)14-12(16)8-15-6-7-18-13(15)17/h3-5H,6-8H2,1-2H3,(H,14,16). The van der Waals surface area contributed by atoms with Crippen molar-refractivity contribution in [3.05, 3.63) is 29.3 Å². The SMILES string of the molecule is Cc1cccc(NC(=O)CN2CCOC2=O)c1C. The van der Waals surface area contributed by atoms with E-state index in [9.17, 15) is 9.59 Å². The number of carbonyl (C=O) groups excluding carboxylic acids is 2. The fraction of sp³-hybridized carbons (Fsp3) is 0.385. The molecule has 0 aromatic heterocycles. The Morgan fingerprint density at radius 3 is 2.89 bits per heavy atom. The van der Waals surface area contributed by atoms with Gasteiger partial charge in [-0.3, -0.25) is 9.69 Å². The minimum atomic E-state index is -0.425. The number of nitrogens with zero attached hydrogens (tertiary/aromatic N) is 1. The van der Waals surface area contributed by atoms with Crippen molar-refractivity contribution in [2.75, 3.05) is 25.0 Å². The minimum Gasteiger partial charge on any atom is -0.448 e. The molecular formula is C13H16N2O3. The minimum absolute atomic E-state index is 0.0339. The Bertz CT molecular complexity index is 485. The molecule has 96 valence electrons. The van der Waals surface area contributed by atoms with Crippen LogP contribution in [0.3, 0.4) is 0 Å². The highest BCUT2D eigenvalue weighted by molar-refractivity contribution is 5.94. The van der Waals surface area contributed by atoms with Crippen LogP contribution in [-0.2, 0) is 9.53 Å². The van der Waals surface area contributed by atoms with Gasteiger partial charge in [0.15, 0.2) is 0 Å². The second-order valence-electron chi connectivity index (χ2n) is 4.33. The lowest BCUT2D eigenvalue weighted by atomic mass is 10.1. The van der Waals surface area contributed by atoms with Gasteiger partial charge >= 0.3 is 6.09 Å². The van der Waals surface area contributed by atoms with E-state index in [4.69, 9.17) is 4.74 Å². The highest BCUT2D eigenvalue weighted by Gasteiger charge is 2.24. The van der Waals surface area contributed by atoms with Gasteiger partial charge in [0, 0.05) is 5.69 Å². The van der Waals surface area contributed by atoms with Crippen molar-refractivity contribution < 1.29 is 14.3 Å². The van der Waals surface area contributed by atoms with Gasteiger partial charge in [-0.2, -0.15) is 0 Å². The second kappa shape index (κ2) is 5.08. The quantitative estimate of drug-likeness (QED) is 0.885. The molecule has 1 aromatic carbocycles. The zero-order valence-electron chi connectivity index (χ0n) is 10.5. The van der Waals surface area contributed by atoms with Crippen LogP contribution < -0.4 is 5.32 Å². The second-order valence-corrected chi connectivity index (χ2v) is 4.33. The van der Waals surface area contributed by atoms with Crippen LogP contribution in [0.4, 0.5) is 10.5 Å². The number of carbonyl (C=O) groups is 2. The molecule has 0 bridgehead atoms. The Morgan fingerprint density at radius 1 is 1.44 bits per heavy atom. The Morgan fingerprint density at radius 2 is 2.22 bits per heavy atom. The summed E-state index contributed by atoms with van der Waals surface area (Å²) in [5.74, 6) is -0.206. The maximum Gasteiger partial charge on any atom is 0.410 e. The number of amides is 2. The van der Waals surface area contributed by atoms with E-state index < -0.39 is 6.09 Å². The van der Waals surface area contributed by atoms with Gasteiger partial charge in [0.2, 0.25) is 5.91 Å². The molecule has 5 nitrogen and oxygen atoms in total. The van der Waals surface area contributed by atoms with Gasteiger partial charge in [-0.1, -0.05) is 12.1 Å². The summed E-state index contributed by atoms with van der Waals surface area (Å²) >= 11 is 0. The van der Waals surface area contributed by atoms with Gasteiger partial charge in [0.1, 0.15) is 13.2 Å². The van der Waals surface area contributed by atoms with Gasteiger partial charge in [0.25, 0.3) is 0 Å². The number of hydrogen-bond acceptors (Lipinski definition) is 3. The van der Waals surface area contributed by atoms with Crippen LogP contribution in [0, 0.1) is 13.8 Å². The first-order valence-electron chi connectivity index (χ1n) is 5.85. The number of anilines is 1. The molecule has 2 rings (SSSR count). The average molecular weight is 248 g/mol. The molecule has 1 fully saturated rings. The van der Waals surface area contributed by atoms with E-state index in [2.05, 4.69) is 5.32 Å². The lowest BCUT2D eigenvalue weighted by Crippen LogP contribution is -2.33. The first-order chi connectivity index (χ1) is 8.58. The molecule has 1 saturated heterocycles. The van der Waals surface area contributed by atoms with Crippen LogP contribution in [0.2, 0.25) is 0 Å². The van der Waals surface area contributed by atoms with Crippen LogP contribution >= 0.6 is 0 Å². The molecule has 5 heteroatoms. The highest BCUT2D eigenvalue weighted by atomic mass is 16.6. The normalized spacial score (nSPS) is 14.6. The molecule has 0 aliphatic carbocycles. The topological polar surface area (TPSA) is 58.6 Å². The lowest BCUT2D eigenvalue weighted by Gasteiger charge is -2.14. The first kappa shape index (κ1) is 12.4. The third-order valence-electron chi connectivity index (χ3n) is 3.06. The molecule has 2 amide bonds. The van der Waals surface area contributed by atoms with Gasteiger partial charge in [-0.05, 0) is 31.0 Å². The molecule has 0 saturated carbocycles. The van der Waals surface area contributed by atoms with Crippen molar-refractivity contribution in [2.45, 2.75) is 13.8 Å². The van der Waals surface area contributed by atoms with Crippen molar-refractivity contribution in [1.82, 2.24) is 4.90 Å². The van der Waals surface area contributed by atoms with Crippen molar-refractivity contribution in [2.24, 2.45) is 0 Å². The average Bonchev–Trinajstić information content (AvgIpc) is 2.71. The van der Waals surface area contributed by atoms with E-state index >= 15 is 0 Å². The van der Waals surface area contributed by atoms with E-state index in [1.54, 1.807) is 0 Å². The van der Waals surface area contributed by atoms with E-state index in [1.807, 2.05) is 32.0 Å². The fourth-order valence-corrected chi connectivity index (χ4v) is 1.82. The van der Waals surface area contributed by atoms with E-state index in [0.29, 0.717) is 13.2 Å². The van der Waals surface area contributed by atoms with Crippen LogP contribution in [0.1, 0.15) is 11.1 Å². The van der Waals surface area contributed by atoms with Crippen LogP contribution in [0.15, 0.2) is 18.2 Å². The van der Waals surface area contributed by atoms with Gasteiger partial charge < -0.3 is 10.1 Å². The smallest absolute Gasteiger partial charge is 0.410 e. The zero-order valence-corrected chi connectivity index (χ0v) is 10.5. The maximum atomic E-state index is 11.8. The molecule has 1 aliphatic heterocycles. The maximum absolute atomic E-state index is 11.8. The summed E-state index contributed by atoms with van der Waals surface area (Å²) in [5, 5.41) is 2.81. The molecule has 1 aliphatic rings. The number of cyclic esters (lactones) is 1. The number of nitrogens with one attached hydrogen (secondary N) is 1. The number of benzene rings is 1. The predicted octanol–water partition coefficient (Wildman–Crippen LogP) is 1.69. The Balaban J connectivity index is 1.99. The van der Waals surface area contributed by atoms with Gasteiger partial charge in [-0.25, -0.2) is 4.79 Å². The van der Waals surface area contributed by atoms with Gasteiger partial charge in [0.05, 0.1) is 6.54 Å². The third-order valence-corrected chi connectivity index (χ3v) is 3.06. The number of ether oxygens (including phenoxy) is 1. The molecule has 1 N–H and O–H groups in total. The number of rotatable bonds is 3. The molecule has 1 aromatic rings. The van der Waals surface area contributed by atoms with E-state index in [0.717, 1.165) is 16.8 Å². The summed E-state index contributed by atoms with van der Waals surface area (Å²) in [6.07, 6.45) is -0.425. The van der Waals surface area contributed by atoms with Crippen LogP contribution in [0.25, 0.3) is 0 Å². The Labute approximate surface area is 106 Å². The Hall–Kier alpha value is -2.04. The summed E-state index contributed by atoms with van der Waals surface area (Å²) in [7, 11) is 0. The largest absolute Gasteiger partial charge is 0.448 e. The number of aryl methyl sites for hydroxylation is 1. The van der Waals surface area contributed by atoms with Crippen molar-refractivity contribution in [3.8, 4) is 0 Å². The van der Waals surface area contributed by atoms with E-state index in [-0.39, 0.29) is 12.5 Å². The summed E-state index contributed by atoms with van der Waals surface area (Å²) in [5.41, 5.74) is 2.94. The molecule has 0 unspecified atom stereocenters. The highest BCUT2D eigenvalue weighted by Crippen LogP contribution is 2.18. The lowest BCUT2D eigenvalue weighted by molar-refractivity contribution is -0.116. The summed E-state index contributed by atoms with van der Waals surface area (Å²) < 4.78 is 4.77. The fourth-order valence-electron chi connectivity index (χ4n) is 1.82.